The maximum atomic E-state index is 11.6. The first-order valence-electron chi connectivity index (χ1n) is 4.38. The van der Waals surface area contributed by atoms with Gasteiger partial charge in [-0.15, -0.1) is 9.35 Å². The molecule has 0 fully saturated rings. The molecule has 0 bridgehead atoms. The molecule has 1 aromatic rings. The van der Waals surface area contributed by atoms with Crippen LogP contribution < -0.4 is 0 Å². The van der Waals surface area contributed by atoms with Gasteiger partial charge in [0.25, 0.3) is 17.5 Å². The summed E-state index contributed by atoms with van der Waals surface area (Å²) in [6.45, 7) is 0. The summed E-state index contributed by atoms with van der Waals surface area (Å²) in [4.78, 5) is 33.0. The van der Waals surface area contributed by atoms with Gasteiger partial charge in [0.15, 0.2) is 0 Å². The average Bonchev–Trinajstić information content (AvgIpc) is 2.53. The number of nitro groups is 1. The molecule has 0 saturated carbocycles. The number of amides is 2. The third-order valence-corrected chi connectivity index (χ3v) is 2.46. The number of hydrogen-bond donors (Lipinski definition) is 1. The van der Waals surface area contributed by atoms with E-state index < -0.39 is 28.1 Å². The Hall–Kier alpha value is -2.17. The molecule has 1 aliphatic heterocycles. The van der Waals surface area contributed by atoms with Crippen molar-refractivity contribution in [2.75, 3.05) is 0 Å². The normalized spacial score (nSPS) is 15.7. The maximum absolute atomic E-state index is 11.6. The van der Waals surface area contributed by atoms with Gasteiger partial charge in [0.2, 0.25) is 0 Å². The number of carbonyl (C=O) groups is 2. The molecule has 94 valence electrons. The second-order valence-corrected chi connectivity index (χ2v) is 3.77. The number of carbonyl (C=O) groups excluding carboxylic acids is 2. The largest absolute Gasteiger partial charge is 0.325 e. The lowest BCUT2D eigenvalue weighted by atomic mass is 10.1. The maximum Gasteiger partial charge on any atom is 0.325 e. The molecule has 0 aromatic heterocycles. The Morgan fingerprint density at radius 2 is 1.89 bits per heavy atom. The molecule has 0 spiro atoms. The van der Waals surface area contributed by atoms with Crippen molar-refractivity contribution in [3.05, 3.63) is 39.4 Å². The van der Waals surface area contributed by atoms with Gasteiger partial charge in [-0.05, 0) is 6.07 Å². The molecule has 0 aliphatic carbocycles. The minimum atomic E-state index is -2.85. The quantitative estimate of drug-likeness (QED) is 0.361. The zero-order valence-corrected chi connectivity index (χ0v) is 9.25. The van der Waals surface area contributed by atoms with Crippen LogP contribution in [0, 0.1) is 10.1 Å². The van der Waals surface area contributed by atoms with Crippen LogP contribution in [0.15, 0.2) is 18.2 Å². The van der Waals surface area contributed by atoms with E-state index in [1.165, 1.54) is 0 Å². The zero-order chi connectivity index (χ0) is 13.4. The Kier molecular flexibility index (Phi) is 2.90. The summed E-state index contributed by atoms with van der Waals surface area (Å²) in [5.41, 5.74) is -0.752. The molecule has 1 heterocycles. The highest BCUT2D eigenvalue weighted by molar-refractivity contribution is 7.74. The van der Waals surface area contributed by atoms with Gasteiger partial charge in [-0.3, -0.25) is 24.3 Å². The molecule has 1 aromatic carbocycles. The van der Waals surface area contributed by atoms with Crippen molar-refractivity contribution in [1.82, 2.24) is 5.06 Å². The second-order valence-electron chi connectivity index (χ2n) is 3.18. The molecule has 18 heavy (non-hydrogen) atoms. The number of imide groups is 1. The molecule has 9 nitrogen and oxygen atoms in total. The van der Waals surface area contributed by atoms with E-state index in [9.17, 15) is 23.9 Å². The Bertz CT molecular complexity index is 599. The highest BCUT2D eigenvalue weighted by Gasteiger charge is 2.39. The fourth-order valence-electron chi connectivity index (χ4n) is 1.45. The lowest BCUT2D eigenvalue weighted by molar-refractivity contribution is -0.384. The van der Waals surface area contributed by atoms with Crippen LogP contribution in [-0.4, -0.2) is 30.6 Å². The van der Waals surface area contributed by atoms with E-state index in [0.717, 1.165) is 18.2 Å². The molecule has 1 unspecified atom stereocenters. The third kappa shape index (κ3) is 1.88. The first-order valence-corrected chi connectivity index (χ1v) is 5.41. The van der Waals surface area contributed by atoms with E-state index in [4.69, 9.17) is 4.55 Å². The number of hydrogen-bond acceptors (Lipinski definition) is 6. The summed E-state index contributed by atoms with van der Waals surface area (Å²) < 4.78 is 23.0. The average molecular weight is 272 g/mol. The van der Waals surface area contributed by atoms with Crippen LogP contribution in [0.25, 0.3) is 0 Å². The molecule has 2 rings (SSSR count). The summed E-state index contributed by atoms with van der Waals surface area (Å²) in [5, 5.41) is 10.6. The minimum absolute atomic E-state index is 0.0878. The van der Waals surface area contributed by atoms with Crippen molar-refractivity contribution in [3.63, 3.8) is 0 Å². The second kappa shape index (κ2) is 4.25. The van der Waals surface area contributed by atoms with E-state index in [1.807, 2.05) is 0 Å². The fraction of sp³-hybridized carbons (Fsp3) is 0. The molecule has 1 N–H and O–H groups in total. The van der Waals surface area contributed by atoms with Crippen LogP contribution in [0.2, 0.25) is 0 Å². The standard InChI is InChI=1S/C8H4N2O7S/c11-7-5-2-1-4(10(13)14)3-6(5)8(12)9(7)17-18(15)16/h1-3H,(H,15,16). The first kappa shape index (κ1) is 12.3. The van der Waals surface area contributed by atoms with Crippen molar-refractivity contribution in [2.45, 2.75) is 0 Å². The highest BCUT2D eigenvalue weighted by atomic mass is 32.2. The topological polar surface area (TPSA) is 127 Å². The van der Waals surface area contributed by atoms with Crippen molar-refractivity contribution in [1.29, 1.82) is 0 Å². The zero-order valence-electron chi connectivity index (χ0n) is 8.43. The van der Waals surface area contributed by atoms with E-state index in [1.54, 1.807) is 0 Å². The van der Waals surface area contributed by atoms with Crippen molar-refractivity contribution in [2.24, 2.45) is 0 Å². The van der Waals surface area contributed by atoms with Crippen LogP contribution in [0.4, 0.5) is 5.69 Å². The number of fused-ring (bicyclic) bond motifs is 1. The lowest BCUT2D eigenvalue weighted by Gasteiger charge is -2.07. The van der Waals surface area contributed by atoms with E-state index in [0.29, 0.717) is 0 Å². The van der Waals surface area contributed by atoms with Crippen molar-refractivity contribution >= 4 is 28.9 Å². The summed E-state index contributed by atoms with van der Waals surface area (Å²) >= 11 is -2.85. The number of rotatable bonds is 3. The Morgan fingerprint density at radius 3 is 2.44 bits per heavy atom. The van der Waals surface area contributed by atoms with Crippen LogP contribution in [-0.2, 0) is 15.6 Å². The molecular weight excluding hydrogens is 268 g/mol. The lowest BCUT2D eigenvalue weighted by Crippen LogP contribution is -2.30. The molecule has 10 heteroatoms. The fourth-order valence-corrected chi connectivity index (χ4v) is 1.71. The predicted octanol–water partition coefficient (Wildman–Crippen LogP) is 0.259. The predicted molar refractivity (Wildman–Crippen MR) is 55.5 cm³/mol. The number of nitro benzene ring substituents is 1. The third-order valence-electron chi connectivity index (χ3n) is 2.18. The van der Waals surface area contributed by atoms with Gasteiger partial charge >= 0.3 is 11.4 Å². The van der Waals surface area contributed by atoms with Crippen molar-refractivity contribution < 1.29 is 27.6 Å². The van der Waals surface area contributed by atoms with Crippen LogP contribution in [0.1, 0.15) is 20.7 Å². The van der Waals surface area contributed by atoms with Gasteiger partial charge in [0.05, 0.1) is 16.1 Å². The Morgan fingerprint density at radius 1 is 1.28 bits per heavy atom. The molecule has 0 radical (unpaired) electrons. The SMILES string of the molecule is O=C1c2ccc([N+](=O)[O-])cc2C(=O)N1OS(=O)O. The minimum Gasteiger partial charge on any atom is -0.282 e. The monoisotopic (exact) mass is 272 g/mol. The highest BCUT2D eigenvalue weighted by Crippen LogP contribution is 2.27. The first-order chi connectivity index (χ1) is 8.41. The van der Waals surface area contributed by atoms with E-state index in [-0.39, 0.29) is 21.9 Å². The molecular formula is C8H4N2O7S. The van der Waals surface area contributed by atoms with Crippen molar-refractivity contribution in [3.8, 4) is 0 Å². The number of hydroxylamine groups is 2. The molecule has 2 amide bonds. The Labute approximate surface area is 102 Å². The van der Waals surface area contributed by atoms with Crippen LogP contribution in [0.3, 0.4) is 0 Å². The van der Waals surface area contributed by atoms with E-state index in [2.05, 4.69) is 4.28 Å². The summed E-state index contributed by atoms with van der Waals surface area (Å²) in [6, 6.07) is 3.03. The molecule has 1 aliphatic rings. The van der Waals surface area contributed by atoms with Gasteiger partial charge in [-0.1, -0.05) is 0 Å². The van der Waals surface area contributed by atoms with Gasteiger partial charge in [0, 0.05) is 12.1 Å². The Balaban J connectivity index is 2.45. The van der Waals surface area contributed by atoms with E-state index >= 15 is 0 Å². The van der Waals surface area contributed by atoms with Gasteiger partial charge in [0.1, 0.15) is 0 Å². The summed E-state index contributed by atoms with van der Waals surface area (Å²) in [6.07, 6.45) is 0. The summed E-state index contributed by atoms with van der Waals surface area (Å²) in [7, 11) is 0. The smallest absolute Gasteiger partial charge is 0.282 e. The van der Waals surface area contributed by atoms with Gasteiger partial charge in [-0.25, -0.2) is 0 Å². The molecule has 0 saturated heterocycles. The summed E-state index contributed by atoms with van der Waals surface area (Å²) in [5.74, 6) is -1.98. The van der Waals surface area contributed by atoms with Crippen LogP contribution in [0.5, 0.6) is 0 Å². The van der Waals surface area contributed by atoms with Gasteiger partial charge < -0.3 is 0 Å². The van der Waals surface area contributed by atoms with Crippen LogP contribution >= 0.6 is 0 Å². The number of non-ortho nitro benzene ring substituents is 1. The number of nitrogens with zero attached hydrogens (tertiary/aromatic N) is 2. The molecule has 1 atom stereocenters. The number of benzene rings is 1. The van der Waals surface area contributed by atoms with Gasteiger partial charge in [-0.2, -0.15) is 4.21 Å².